The summed E-state index contributed by atoms with van der Waals surface area (Å²) in [5.41, 5.74) is -1.50. The minimum Gasteiger partial charge on any atom is -0.467 e. The number of benzene rings is 2. The Labute approximate surface area is 199 Å². The number of ether oxygens (including phenoxy) is 2. The molecular weight excluding hydrogens is 465 g/mol. The van der Waals surface area contributed by atoms with Crippen LogP contribution in [0.3, 0.4) is 0 Å². The molecule has 1 amide bonds. The molecule has 0 spiro atoms. The average molecular weight is 490 g/mol. The number of nitrogens with one attached hydrogen (secondary N) is 1. The number of halogens is 3. The molecule has 35 heavy (non-hydrogen) atoms. The zero-order valence-electron chi connectivity index (χ0n) is 19.6. The molecule has 0 aliphatic rings. The highest BCUT2D eigenvalue weighted by Gasteiger charge is 2.36. The summed E-state index contributed by atoms with van der Waals surface area (Å²) in [5.74, 6) is -1.93. The van der Waals surface area contributed by atoms with Crippen LogP contribution in [0, 0.1) is 0 Å². The summed E-state index contributed by atoms with van der Waals surface area (Å²) in [5, 5.41) is 2.96. The number of hydrogen-bond acceptors (Lipinski definition) is 5. The van der Waals surface area contributed by atoms with E-state index in [1.54, 1.807) is 45.0 Å². The molecule has 186 valence electrons. The van der Waals surface area contributed by atoms with E-state index in [1.165, 1.54) is 22.9 Å². The van der Waals surface area contributed by atoms with E-state index >= 15 is 0 Å². The van der Waals surface area contributed by atoms with Crippen LogP contribution in [0.25, 0.3) is 10.9 Å². The Morgan fingerprint density at radius 2 is 1.63 bits per heavy atom. The lowest BCUT2D eigenvalue weighted by molar-refractivity contribution is -0.142. The largest absolute Gasteiger partial charge is 0.467 e. The van der Waals surface area contributed by atoms with Crippen LogP contribution < -0.4 is 5.32 Å². The van der Waals surface area contributed by atoms with Crippen molar-refractivity contribution in [2.24, 2.45) is 0 Å². The number of nitrogens with zero attached hydrogens (tertiary/aromatic N) is 1. The van der Waals surface area contributed by atoms with Gasteiger partial charge in [-0.3, -0.25) is 9.36 Å². The maximum Gasteiger partial charge on any atom is 0.419 e. The fourth-order valence-corrected chi connectivity index (χ4v) is 3.59. The maximum atomic E-state index is 13.4. The number of alkyl halides is 3. The van der Waals surface area contributed by atoms with Crippen LogP contribution in [-0.4, -0.2) is 41.3 Å². The Morgan fingerprint density at radius 3 is 2.26 bits per heavy atom. The molecule has 10 heteroatoms. The van der Waals surface area contributed by atoms with Crippen LogP contribution in [-0.2, 0) is 26.9 Å². The van der Waals surface area contributed by atoms with Crippen molar-refractivity contribution in [3.8, 4) is 0 Å². The third-order valence-electron chi connectivity index (χ3n) is 5.08. The van der Waals surface area contributed by atoms with Crippen LogP contribution in [0.5, 0.6) is 0 Å². The lowest BCUT2D eigenvalue weighted by atomic mass is 10.0. The standard InChI is InChI=1S/C25H25F3N2O5/c1-24(2,3)35-23(33)30-14-15(16-9-6-8-12-20(16)30)13-19(22(32)34-4)29-21(31)17-10-5-7-11-18(17)25(26,27)28/h5-12,14,19H,13H2,1-4H3,(H,29,31)/t19-/m1/s1. The van der Waals surface area contributed by atoms with Gasteiger partial charge in [-0.25, -0.2) is 9.59 Å². The Kier molecular flexibility index (Phi) is 7.23. The van der Waals surface area contributed by atoms with Crippen molar-refractivity contribution < 1.29 is 37.0 Å². The lowest BCUT2D eigenvalue weighted by Gasteiger charge is -2.19. The summed E-state index contributed by atoms with van der Waals surface area (Å²) >= 11 is 0. The van der Waals surface area contributed by atoms with Gasteiger partial charge in [0.1, 0.15) is 11.6 Å². The van der Waals surface area contributed by atoms with Crippen LogP contribution in [0.2, 0.25) is 0 Å². The van der Waals surface area contributed by atoms with Crippen LogP contribution >= 0.6 is 0 Å². The normalized spacial score (nSPS) is 12.8. The molecule has 0 bridgehead atoms. The minimum atomic E-state index is -4.75. The molecule has 2 aromatic carbocycles. The SMILES string of the molecule is COC(=O)[C@@H](Cc1cn(C(=O)OC(C)(C)C)c2ccccc12)NC(=O)c1ccccc1C(F)(F)F. The van der Waals surface area contributed by atoms with E-state index in [0.29, 0.717) is 16.5 Å². The van der Waals surface area contributed by atoms with Gasteiger partial charge in [-0.2, -0.15) is 13.2 Å². The van der Waals surface area contributed by atoms with Crippen molar-refractivity contribution >= 4 is 28.9 Å². The van der Waals surface area contributed by atoms with Gasteiger partial charge in [0.15, 0.2) is 0 Å². The lowest BCUT2D eigenvalue weighted by Crippen LogP contribution is -2.43. The van der Waals surface area contributed by atoms with E-state index < -0.39 is 46.9 Å². The molecule has 1 heterocycles. The minimum absolute atomic E-state index is 0.136. The third kappa shape index (κ3) is 6.00. The number of carbonyl (C=O) groups is 3. The van der Waals surface area contributed by atoms with E-state index in [4.69, 9.17) is 9.47 Å². The van der Waals surface area contributed by atoms with Gasteiger partial charge in [0, 0.05) is 18.0 Å². The fraction of sp³-hybridized carbons (Fsp3) is 0.320. The second-order valence-corrected chi connectivity index (χ2v) is 8.82. The molecular formula is C25H25F3N2O5. The first-order chi connectivity index (χ1) is 16.3. The van der Waals surface area contributed by atoms with Gasteiger partial charge in [-0.1, -0.05) is 30.3 Å². The number of hydrogen-bond donors (Lipinski definition) is 1. The molecule has 1 aromatic heterocycles. The van der Waals surface area contributed by atoms with Crippen LogP contribution in [0.4, 0.5) is 18.0 Å². The Bertz CT molecular complexity index is 1260. The number of aromatic nitrogens is 1. The van der Waals surface area contributed by atoms with Gasteiger partial charge in [-0.05, 0) is 44.5 Å². The monoisotopic (exact) mass is 490 g/mol. The average Bonchev–Trinajstić information content (AvgIpc) is 3.15. The molecule has 3 aromatic rings. The number of fused-ring (bicyclic) bond motifs is 1. The summed E-state index contributed by atoms with van der Waals surface area (Å²) in [6, 6.07) is 9.84. The highest BCUT2D eigenvalue weighted by atomic mass is 19.4. The maximum absolute atomic E-state index is 13.4. The fourth-order valence-electron chi connectivity index (χ4n) is 3.59. The zero-order chi connectivity index (χ0) is 26.0. The first-order valence-electron chi connectivity index (χ1n) is 10.7. The first-order valence-corrected chi connectivity index (χ1v) is 10.7. The van der Waals surface area contributed by atoms with Gasteiger partial charge in [0.2, 0.25) is 0 Å². The second kappa shape index (κ2) is 9.81. The van der Waals surface area contributed by atoms with Crippen molar-refractivity contribution in [3.05, 3.63) is 71.4 Å². The molecule has 0 saturated carbocycles. The summed E-state index contributed by atoms with van der Waals surface area (Å²) in [6.07, 6.45) is -4.05. The van der Waals surface area contributed by atoms with E-state index in [9.17, 15) is 27.6 Å². The summed E-state index contributed by atoms with van der Waals surface area (Å²) in [6.45, 7) is 5.16. The molecule has 0 aliphatic carbocycles. The van der Waals surface area contributed by atoms with Crippen LogP contribution in [0.1, 0.15) is 42.3 Å². The summed E-state index contributed by atoms with van der Waals surface area (Å²) < 4.78 is 51.6. The van der Waals surface area contributed by atoms with Gasteiger partial charge in [0.05, 0.1) is 23.8 Å². The number of rotatable bonds is 5. The van der Waals surface area contributed by atoms with E-state index in [-0.39, 0.29) is 6.42 Å². The van der Waals surface area contributed by atoms with Gasteiger partial charge < -0.3 is 14.8 Å². The van der Waals surface area contributed by atoms with Crippen molar-refractivity contribution in [3.63, 3.8) is 0 Å². The second-order valence-electron chi connectivity index (χ2n) is 8.82. The molecule has 0 saturated heterocycles. The van der Waals surface area contributed by atoms with Crippen molar-refractivity contribution in [2.75, 3.05) is 7.11 Å². The molecule has 3 rings (SSSR count). The zero-order valence-corrected chi connectivity index (χ0v) is 19.6. The number of amides is 1. The number of esters is 1. The van der Waals surface area contributed by atoms with Gasteiger partial charge in [-0.15, -0.1) is 0 Å². The predicted octanol–water partition coefficient (Wildman–Crippen LogP) is 4.96. The third-order valence-corrected chi connectivity index (χ3v) is 5.08. The Morgan fingerprint density at radius 1 is 1.00 bits per heavy atom. The Balaban J connectivity index is 1.96. The summed E-state index contributed by atoms with van der Waals surface area (Å²) in [4.78, 5) is 38.0. The van der Waals surface area contributed by atoms with Crippen molar-refractivity contribution in [1.29, 1.82) is 0 Å². The van der Waals surface area contributed by atoms with Crippen molar-refractivity contribution in [1.82, 2.24) is 9.88 Å². The molecule has 0 unspecified atom stereocenters. The predicted molar refractivity (Wildman–Crippen MR) is 122 cm³/mol. The van der Waals surface area contributed by atoms with E-state index in [1.807, 2.05) is 0 Å². The molecule has 0 fully saturated rings. The van der Waals surface area contributed by atoms with E-state index in [0.717, 1.165) is 19.2 Å². The topological polar surface area (TPSA) is 86.6 Å². The van der Waals surface area contributed by atoms with Crippen molar-refractivity contribution in [2.45, 2.75) is 45.0 Å². The molecule has 0 radical (unpaired) electrons. The van der Waals surface area contributed by atoms with Crippen LogP contribution in [0.15, 0.2) is 54.7 Å². The van der Waals surface area contributed by atoms with Gasteiger partial charge in [0.25, 0.3) is 5.91 Å². The number of carbonyl (C=O) groups excluding carboxylic acids is 3. The van der Waals surface area contributed by atoms with Gasteiger partial charge >= 0.3 is 18.2 Å². The summed E-state index contributed by atoms with van der Waals surface area (Å²) in [7, 11) is 1.11. The molecule has 0 aliphatic heterocycles. The Hall–Kier alpha value is -3.82. The van der Waals surface area contributed by atoms with E-state index in [2.05, 4.69) is 5.32 Å². The molecule has 1 N–H and O–H groups in total. The number of methoxy groups -OCH3 is 1. The molecule has 1 atom stereocenters. The number of para-hydroxylation sites is 1. The quantitative estimate of drug-likeness (QED) is 0.511. The highest BCUT2D eigenvalue weighted by molar-refractivity contribution is 5.98. The first kappa shape index (κ1) is 25.8. The molecule has 7 nitrogen and oxygen atoms in total. The smallest absolute Gasteiger partial charge is 0.419 e. The highest BCUT2D eigenvalue weighted by Crippen LogP contribution is 2.32.